The van der Waals surface area contributed by atoms with Gasteiger partial charge in [-0.3, -0.25) is 100 Å². The highest BCUT2D eigenvalue weighted by molar-refractivity contribution is 6.00. The molecule has 0 saturated carbocycles. The lowest BCUT2D eigenvalue weighted by Gasteiger charge is -2.29. The number of hydrogen-bond acceptors (Lipinski definition) is 24. The van der Waals surface area contributed by atoms with Crippen molar-refractivity contribution in [1.82, 2.24) is 95.7 Å². The number of nitrogens with one attached hydrogen (secondary N) is 25. The van der Waals surface area contributed by atoms with E-state index in [1.54, 1.807) is 12.1 Å². The third kappa shape index (κ3) is 48.1. The molecule has 48 N–H and O–H groups in total. The maximum Gasteiger partial charge on any atom is 0.326 e. The Morgan fingerprint density at radius 1 is 0.317 bits per heavy atom. The minimum absolute atomic E-state index is 0.0123. The number of nitrogens with two attached hydrogens (primary N) is 10. The molecule has 672 valence electrons. The monoisotopic (exact) mass is 1700 g/mol. The lowest BCUT2D eigenvalue weighted by atomic mass is 10.0. The van der Waals surface area contributed by atoms with Crippen molar-refractivity contribution in [2.24, 2.45) is 57.3 Å². The number of aromatic hydroxyl groups is 1. The van der Waals surface area contributed by atoms with Gasteiger partial charge in [-0.15, -0.1) is 0 Å². The molecule has 52 heteroatoms. The number of hydrogen-bond donors (Lipinski definition) is 38. The van der Waals surface area contributed by atoms with Gasteiger partial charge in [-0.2, -0.15) is 0 Å². The van der Waals surface area contributed by atoms with Crippen molar-refractivity contribution in [1.29, 1.82) is 37.9 Å². The first-order valence-electron chi connectivity index (χ1n) is 38.4. The summed E-state index contributed by atoms with van der Waals surface area (Å²) < 4.78 is 0. The molecule has 1 aromatic rings. The molecule has 0 aliphatic heterocycles. The average Bonchev–Trinajstić information content (AvgIpc) is 0.877. The second-order valence-electron chi connectivity index (χ2n) is 27.5. The lowest BCUT2D eigenvalue weighted by Crippen LogP contribution is -2.61. The van der Waals surface area contributed by atoms with Gasteiger partial charge in [-0.1, -0.05) is 12.1 Å². The zero-order valence-corrected chi connectivity index (χ0v) is 66.7. The first-order valence-corrected chi connectivity index (χ1v) is 38.4. The summed E-state index contributed by atoms with van der Waals surface area (Å²) in [4.78, 5) is 194. The summed E-state index contributed by atoms with van der Waals surface area (Å²) in [5, 5.41) is 127. The molecule has 52 nitrogen and oxygen atoms in total. The number of rotatable bonds is 62. The van der Waals surface area contributed by atoms with E-state index < -0.39 is 217 Å². The fourth-order valence-corrected chi connectivity index (χ4v) is 11.3. The molecule has 0 unspecified atom stereocenters. The molecule has 0 radical (unpaired) electrons. The Balaban J connectivity index is 4.01. The van der Waals surface area contributed by atoms with Crippen molar-refractivity contribution in [3.63, 3.8) is 0 Å². The number of amides is 12. The SMILES string of the molecule is N=C(N)NCCC[C@H](NC(=O)CNC(=O)[C@@H](N)Cc1ccc(O)cc1)C(=O)N[C@@H](CCCNC(=N)N)C(=O)N[C@@H](CCCCN)C(=O)N[C@@H](CCCNC(=N)N)C(=O)N[C@@H](CCCNC(=N)N)C(=O)N[C@@H](CCC(N)=O)C(=O)N[C@@H](CCCNC(=N)N)C(=O)N[C@@H](CCCNC(=N)N)C(=O)N[C@@H](CCCNC(=N)N)C(=O)N[C@@H](CC(=O)O)C(=O)O. The molecule has 0 spiro atoms. The van der Waals surface area contributed by atoms with E-state index in [1.807, 2.05) is 0 Å². The summed E-state index contributed by atoms with van der Waals surface area (Å²) >= 11 is 0. The number of unbranched alkanes of at least 4 members (excludes halogenated alkanes) is 1. The lowest BCUT2D eigenvalue weighted by molar-refractivity contribution is -0.147. The van der Waals surface area contributed by atoms with Gasteiger partial charge in [0.05, 0.1) is 19.0 Å². The van der Waals surface area contributed by atoms with Crippen LogP contribution in [0.2, 0.25) is 0 Å². The average molecular weight is 1700 g/mol. The van der Waals surface area contributed by atoms with Crippen molar-refractivity contribution < 1.29 is 82.4 Å². The van der Waals surface area contributed by atoms with Crippen LogP contribution in [0.15, 0.2) is 24.3 Å². The summed E-state index contributed by atoms with van der Waals surface area (Å²) in [5.74, 6) is -18.9. The van der Waals surface area contributed by atoms with E-state index in [9.17, 15) is 82.4 Å². The van der Waals surface area contributed by atoms with E-state index in [1.165, 1.54) is 12.1 Å². The quantitative estimate of drug-likeness (QED) is 0.0164. The smallest absolute Gasteiger partial charge is 0.326 e. The van der Waals surface area contributed by atoms with E-state index in [0.717, 1.165) is 0 Å². The van der Waals surface area contributed by atoms with Crippen LogP contribution in [0.3, 0.4) is 0 Å². The summed E-state index contributed by atoms with van der Waals surface area (Å²) in [6, 6.07) is -11.9. The van der Waals surface area contributed by atoms with Crippen molar-refractivity contribution >= 4 is 125 Å². The molecule has 0 heterocycles. The molecule has 0 aliphatic carbocycles. The van der Waals surface area contributed by atoms with Crippen molar-refractivity contribution in [2.45, 2.75) is 201 Å². The van der Waals surface area contributed by atoms with Gasteiger partial charge >= 0.3 is 11.9 Å². The molecule has 0 fully saturated rings. The minimum atomic E-state index is -1.99. The van der Waals surface area contributed by atoms with Crippen LogP contribution in [-0.4, -0.2) is 265 Å². The van der Waals surface area contributed by atoms with Crippen LogP contribution in [0.5, 0.6) is 5.75 Å². The third-order valence-corrected chi connectivity index (χ3v) is 17.4. The molecule has 120 heavy (non-hydrogen) atoms. The highest BCUT2D eigenvalue weighted by Gasteiger charge is 2.37. The summed E-state index contributed by atoms with van der Waals surface area (Å²) in [5.41, 5.74) is 56.6. The Labute approximate surface area is 691 Å². The van der Waals surface area contributed by atoms with Gasteiger partial charge in [0.15, 0.2) is 41.7 Å². The van der Waals surface area contributed by atoms with E-state index in [0.29, 0.717) is 5.56 Å². The molecule has 0 aromatic heterocycles. The van der Waals surface area contributed by atoms with Gasteiger partial charge in [0.1, 0.15) is 66.2 Å². The maximum absolute atomic E-state index is 14.9. The van der Waals surface area contributed by atoms with Crippen molar-refractivity contribution in [2.75, 3.05) is 58.9 Å². The molecule has 1 aromatic carbocycles. The highest BCUT2D eigenvalue weighted by atomic mass is 16.4. The largest absolute Gasteiger partial charge is 0.508 e. The topological polar surface area (TPSA) is 943 Å². The molecule has 12 amide bonds. The molecule has 1 rings (SSSR count). The number of primary amides is 1. The Morgan fingerprint density at radius 2 is 0.558 bits per heavy atom. The second kappa shape index (κ2) is 58.3. The van der Waals surface area contributed by atoms with Crippen LogP contribution in [0.25, 0.3) is 0 Å². The Bertz CT molecular complexity index is 3630. The fraction of sp³-hybridized carbons (Fsp3) is 0.603. The van der Waals surface area contributed by atoms with Crippen LogP contribution in [0.1, 0.15) is 134 Å². The molecule has 0 bridgehead atoms. The van der Waals surface area contributed by atoms with Crippen LogP contribution < -0.4 is 153 Å². The van der Waals surface area contributed by atoms with Gasteiger partial charge in [0.2, 0.25) is 70.9 Å². The maximum atomic E-state index is 14.9. The molecule has 0 aliphatic rings. The number of carboxylic acids is 2. The van der Waals surface area contributed by atoms with Crippen molar-refractivity contribution in [3.05, 3.63) is 29.8 Å². The minimum Gasteiger partial charge on any atom is -0.508 e. The summed E-state index contributed by atoms with van der Waals surface area (Å²) in [6.45, 7) is -0.946. The summed E-state index contributed by atoms with van der Waals surface area (Å²) in [6.07, 6.45) is -4.00. The van der Waals surface area contributed by atoms with Gasteiger partial charge in [0.25, 0.3) is 0 Å². The third-order valence-electron chi connectivity index (χ3n) is 17.4. The zero-order valence-electron chi connectivity index (χ0n) is 66.7. The summed E-state index contributed by atoms with van der Waals surface area (Å²) in [7, 11) is 0. The van der Waals surface area contributed by atoms with E-state index >= 15 is 0 Å². The van der Waals surface area contributed by atoms with Crippen LogP contribution in [0.4, 0.5) is 0 Å². The Morgan fingerprint density at radius 3 is 0.792 bits per heavy atom. The predicted octanol–water partition coefficient (Wildman–Crippen LogP) is -12.0. The molecular formula is C68H123N35O17. The normalized spacial score (nSPS) is 13.4. The number of phenols is 1. The van der Waals surface area contributed by atoms with Gasteiger partial charge in [-0.25, -0.2) is 4.79 Å². The van der Waals surface area contributed by atoms with Crippen molar-refractivity contribution in [3.8, 4) is 5.75 Å². The first kappa shape index (κ1) is 104. The number of carboxylic acid groups (broad SMARTS) is 2. The standard InChI is InChI=1S/C68H123N35O17/c69-24-2-1-10-39(95-54(112)40(12-4-26-87-63(74)75)96-52(110)38(11-3-25-86-62(72)73)94-49(106)34-93-51(109)37(70)32-35-18-20-36(104)21-19-35)53(111)97-41(13-5-27-88-64(76)77)55(113)99-44(16-8-30-91-67(82)83)58(116)102-46(22-23-48(71)105)60(118)101-43(15-7-29-90-66(80)81)57(115)98-42(14-6-28-89-65(78)79)56(114)100-45(17-9-31-92-68(84)85)59(117)103-47(61(119)120)33-50(107)108/h18-21,37-47,104H,1-17,22-34,69-70H2,(H2,71,105)(H,93,109)(H,94,106)(H,95,112)(H,96,110)(H,97,111)(H,98,115)(H,99,113)(H,100,114)(H,101,118)(H,102,116)(H,103,117)(H,107,108)(H,119,120)(H4,72,73,86)(H4,74,75,87)(H4,76,77,88)(H4,78,79,89)(H4,80,81,90)(H4,82,83,91)(H4,84,85,92)/t37-,38-,39-,40-,41-,42-,43-,44-,45-,46-,47-/m0/s1. The van der Waals surface area contributed by atoms with E-state index in [4.69, 9.17) is 95.2 Å². The number of benzene rings is 1. The number of phenolic OH excluding ortho intramolecular Hbond substituents is 1. The van der Waals surface area contributed by atoms with Crippen LogP contribution >= 0.6 is 0 Å². The van der Waals surface area contributed by atoms with Gasteiger partial charge in [0, 0.05) is 52.2 Å². The molecule has 11 atom stereocenters. The predicted molar refractivity (Wildman–Crippen MR) is 437 cm³/mol. The van der Waals surface area contributed by atoms with Gasteiger partial charge < -0.3 is 168 Å². The fourth-order valence-electron chi connectivity index (χ4n) is 11.3. The first-order chi connectivity index (χ1) is 56.6. The highest BCUT2D eigenvalue weighted by Crippen LogP contribution is 2.14. The molecule has 0 saturated heterocycles. The van der Waals surface area contributed by atoms with Crippen LogP contribution in [0, 0.1) is 37.9 Å². The zero-order chi connectivity index (χ0) is 90.4. The Hall–Kier alpha value is -13.6. The number of carbonyl (C=O) groups excluding carboxylic acids is 12. The van der Waals surface area contributed by atoms with Gasteiger partial charge in [-0.05, 0) is 146 Å². The second-order valence-corrected chi connectivity index (χ2v) is 27.5. The number of carbonyl (C=O) groups is 14. The molecular weight excluding hydrogens is 1580 g/mol. The van der Waals surface area contributed by atoms with E-state index in [2.05, 4.69) is 95.7 Å². The Kier molecular flexibility index (Phi) is 50.7. The number of guanidine groups is 7. The van der Waals surface area contributed by atoms with E-state index in [-0.39, 0.29) is 174 Å². The van der Waals surface area contributed by atoms with Crippen LogP contribution in [-0.2, 0) is 73.5 Å². The number of aliphatic carboxylic acids is 2.